The summed E-state index contributed by atoms with van der Waals surface area (Å²) in [4.78, 5) is 4.49. The molecule has 4 nitrogen and oxygen atoms in total. The fourth-order valence-corrected chi connectivity index (χ4v) is 5.04. The number of aromatic nitrogens is 1. The second kappa shape index (κ2) is 9.94. The molecule has 29 heavy (non-hydrogen) atoms. The first-order chi connectivity index (χ1) is 14.3. The van der Waals surface area contributed by atoms with Gasteiger partial charge >= 0.3 is 0 Å². The first-order valence-corrected chi connectivity index (χ1v) is 11.8. The largest absolute Gasteiger partial charge is 0.490 e. The molecule has 0 bridgehead atoms. The maximum atomic E-state index is 6.17. The molecule has 1 aliphatic rings. The minimum Gasteiger partial charge on any atom is -0.490 e. The molecule has 2 heterocycles. The lowest BCUT2D eigenvalue weighted by molar-refractivity contribution is 0.345. The molecule has 150 valence electrons. The molecule has 0 aliphatic carbocycles. The first-order valence-electron chi connectivity index (χ1n) is 9.78. The summed E-state index contributed by atoms with van der Waals surface area (Å²) >= 11 is 3.68. The van der Waals surface area contributed by atoms with E-state index in [0.29, 0.717) is 6.61 Å². The molecule has 0 spiro atoms. The van der Waals surface area contributed by atoms with E-state index in [1.807, 2.05) is 30.1 Å². The minimum absolute atomic E-state index is 0.262. The van der Waals surface area contributed by atoms with Crippen LogP contribution in [0.25, 0.3) is 0 Å². The minimum atomic E-state index is 0.262. The average Bonchev–Trinajstić information content (AvgIpc) is 3.18. The lowest BCUT2D eigenvalue weighted by Crippen LogP contribution is -2.16. The van der Waals surface area contributed by atoms with Crippen molar-refractivity contribution in [3.63, 3.8) is 0 Å². The number of nitrogens with one attached hydrogen (secondary N) is 1. The summed E-state index contributed by atoms with van der Waals surface area (Å²) in [6.07, 6.45) is 1.85. The van der Waals surface area contributed by atoms with Gasteiger partial charge in [0.15, 0.2) is 0 Å². The number of para-hydroxylation sites is 1. The van der Waals surface area contributed by atoms with E-state index in [9.17, 15) is 0 Å². The first kappa shape index (κ1) is 20.0. The quantitative estimate of drug-likeness (QED) is 0.336. The molecule has 0 radical (unpaired) electrons. The van der Waals surface area contributed by atoms with Crippen LogP contribution in [0.3, 0.4) is 0 Å². The standard InChI is InChI=1S/C23H25N3OS2/c1-18(20-10-5-6-13-24-20)29-26-17-25-21-11-7-12-22(23(21)26)27-14-15-28-16-19-8-3-2-4-9-19/h2-13,18,25H,14-17H2,1H3. The van der Waals surface area contributed by atoms with Crippen LogP contribution >= 0.6 is 23.7 Å². The number of anilines is 2. The number of rotatable bonds is 9. The molecule has 6 heteroatoms. The van der Waals surface area contributed by atoms with E-state index in [1.54, 1.807) is 11.9 Å². The number of hydrogen-bond donors (Lipinski definition) is 1. The summed E-state index contributed by atoms with van der Waals surface area (Å²) < 4.78 is 8.45. The van der Waals surface area contributed by atoms with Crippen LogP contribution in [0.4, 0.5) is 11.4 Å². The Balaban J connectivity index is 1.34. The van der Waals surface area contributed by atoms with Gasteiger partial charge in [-0.3, -0.25) is 9.29 Å². The van der Waals surface area contributed by atoms with Gasteiger partial charge in [0.25, 0.3) is 0 Å². The van der Waals surface area contributed by atoms with Gasteiger partial charge in [-0.1, -0.05) is 42.5 Å². The van der Waals surface area contributed by atoms with Crippen molar-refractivity contribution < 1.29 is 4.74 Å². The fraction of sp³-hybridized carbons (Fsp3) is 0.261. The molecule has 3 aromatic rings. The third kappa shape index (κ3) is 5.19. The zero-order valence-electron chi connectivity index (χ0n) is 16.5. The Morgan fingerprint density at radius 2 is 1.93 bits per heavy atom. The number of fused-ring (bicyclic) bond motifs is 1. The molecular formula is C23H25N3OS2. The SMILES string of the molecule is CC(SN1CNc2cccc(OCCSCc3ccccc3)c21)c1ccccn1. The molecule has 1 unspecified atom stereocenters. The molecule has 0 saturated heterocycles. The predicted molar refractivity (Wildman–Crippen MR) is 126 cm³/mol. The van der Waals surface area contributed by atoms with E-state index in [-0.39, 0.29) is 5.25 Å². The number of pyridine rings is 1. The van der Waals surface area contributed by atoms with Crippen molar-refractivity contribution in [2.24, 2.45) is 0 Å². The summed E-state index contributed by atoms with van der Waals surface area (Å²) in [5.41, 5.74) is 4.70. The molecule has 4 rings (SSSR count). The highest BCUT2D eigenvalue weighted by atomic mass is 32.2. The van der Waals surface area contributed by atoms with Crippen molar-refractivity contribution in [1.82, 2.24) is 4.98 Å². The molecule has 1 atom stereocenters. The van der Waals surface area contributed by atoms with Crippen LogP contribution in [0.2, 0.25) is 0 Å². The average molecular weight is 424 g/mol. The van der Waals surface area contributed by atoms with Gasteiger partial charge in [-0.05, 0) is 48.7 Å². The van der Waals surface area contributed by atoms with Gasteiger partial charge in [0.05, 0.1) is 29.9 Å². The van der Waals surface area contributed by atoms with Crippen LogP contribution < -0.4 is 14.4 Å². The zero-order chi connectivity index (χ0) is 19.9. The molecule has 0 fully saturated rings. The molecule has 1 aliphatic heterocycles. The van der Waals surface area contributed by atoms with Crippen molar-refractivity contribution in [1.29, 1.82) is 0 Å². The van der Waals surface area contributed by atoms with E-state index in [4.69, 9.17) is 4.74 Å². The Morgan fingerprint density at radius 1 is 1.07 bits per heavy atom. The third-order valence-electron chi connectivity index (χ3n) is 4.65. The Hall–Kier alpha value is -2.31. The van der Waals surface area contributed by atoms with Crippen LogP contribution in [0.1, 0.15) is 23.4 Å². The summed E-state index contributed by atoms with van der Waals surface area (Å²) in [6, 6.07) is 22.9. The Kier molecular flexibility index (Phi) is 6.85. The van der Waals surface area contributed by atoms with Crippen molar-refractivity contribution in [2.75, 3.05) is 28.7 Å². The lowest BCUT2D eigenvalue weighted by Gasteiger charge is -2.22. The zero-order valence-corrected chi connectivity index (χ0v) is 18.1. The van der Waals surface area contributed by atoms with E-state index in [0.717, 1.165) is 41.0 Å². The van der Waals surface area contributed by atoms with E-state index in [2.05, 4.69) is 76.1 Å². The van der Waals surface area contributed by atoms with Crippen molar-refractivity contribution in [2.45, 2.75) is 17.9 Å². The van der Waals surface area contributed by atoms with Crippen molar-refractivity contribution in [3.8, 4) is 5.75 Å². The molecule has 0 saturated carbocycles. The molecule has 2 aromatic carbocycles. The number of thioether (sulfide) groups is 1. The summed E-state index contributed by atoms with van der Waals surface area (Å²) in [5.74, 6) is 2.92. The van der Waals surface area contributed by atoms with Gasteiger partial charge in [-0.25, -0.2) is 0 Å². The van der Waals surface area contributed by atoms with Gasteiger partial charge in [-0.15, -0.1) is 0 Å². The number of ether oxygens (including phenoxy) is 1. The Morgan fingerprint density at radius 3 is 2.76 bits per heavy atom. The maximum absolute atomic E-state index is 6.17. The van der Waals surface area contributed by atoms with Crippen LogP contribution in [0, 0.1) is 0 Å². The van der Waals surface area contributed by atoms with Gasteiger partial charge in [-0.2, -0.15) is 11.8 Å². The van der Waals surface area contributed by atoms with Crippen LogP contribution in [-0.2, 0) is 5.75 Å². The lowest BCUT2D eigenvalue weighted by atomic mass is 10.2. The summed E-state index contributed by atoms with van der Waals surface area (Å²) in [6.45, 7) is 3.65. The third-order valence-corrected chi connectivity index (χ3v) is 6.76. The maximum Gasteiger partial charge on any atom is 0.145 e. The van der Waals surface area contributed by atoms with Gasteiger partial charge in [0, 0.05) is 17.7 Å². The Labute approximate surface area is 181 Å². The molecular weight excluding hydrogens is 398 g/mol. The fourth-order valence-electron chi connectivity index (χ4n) is 3.20. The van der Waals surface area contributed by atoms with Gasteiger partial charge in [0.1, 0.15) is 11.4 Å². The smallest absolute Gasteiger partial charge is 0.145 e. The van der Waals surface area contributed by atoms with Gasteiger partial charge < -0.3 is 10.1 Å². The molecule has 1 aromatic heterocycles. The molecule has 1 N–H and O–H groups in total. The van der Waals surface area contributed by atoms with Gasteiger partial charge in [0.2, 0.25) is 0 Å². The van der Waals surface area contributed by atoms with Crippen LogP contribution in [0.15, 0.2) is 72.9 Å². The topological polar surface area (TPSA) is 37.4 Å². The van der Waals surface area contributed by atoms with Crippen molar-refractivity contribution >= 4 is 35.1 Å². The summed E-state index contributed by atoms with van der Waals surface area (Å²) in [5, 5.41) is 3.73. The van der Waals surface area contributed by atoms with Crippen LogP contribution in [0.5, 0.6) is 5.75 Å². The highest BCUT2D eigenvalue weighted by molar-refractivity contribution is 8.00. The second-order valence-electron chi connectivity index (χ2n) is 6.75. The number of hydrogen-bond acceptors (Lipinski definition) is 6. The number of benzene rings is 2. The second-order valence-corrected chi connectivity index (χ2v) is 9.22. The van der Waals surface area contributed by atoms with Crippen LogP contribution in [-0.4, -0.2) is 24.0 Å². The summed E-state index contributed by atoms with van der Waals surface area (Å²) in [7, 11) is 0. The van der Waals surface area contributed by atoms with E-state index < -0.39 is 0 Å². The normalized spacial score (nSPS) is 13.6. The monoisotopic (exact) mass is 423 g/mol. The predicted octanol–water partition coefficient (Wildman–Crippen LogP) is 5.99. The Bertz CT molecular complexity index is 909. The highest BCUT2D eigenvalue weighted by Crippen LogP contribution is 2.46. The number of nitrogens with zero attached hydrogens (tertiary/aromatic N) is 2. The van der Waals surface area contributed by atoms with E-state index in [1.165, 1.54) is 5.56 Å². The highest BCUT2D eigenvalue weighted by Gasteiger charge is 2.26. The van der Waals surface area contributed by atoms with E-state index >= 15 is 0 Å². The molecule has 0 amide bonds. The van der Waals surface area contributed by atoms with Crippen molar-refractivity contribution in [3.05, 3.63) is 84.2 Å².